The van der Waals surface area contributed by atoms with Crippen LogP contribution in [0.3, 0.4) is 0 Å². The van der Waals surface area contributed by atoms with Gasteiger partial charge in [-0.25, -0.2) is 12.8 Å². The summed E-state index contributed by atoms with van der Waals surface area (Å²) < 4.78 is 43.9. The van der Waals surface area contributed by atoms with Crippen LogP contribution >= 0.6 is 11.6 Å². The van der Waals surface area contributed by atoms with Crippen LogP contribution in [0.1, 0.15) is 13.3 Å². The third-order valence-electron chi connectivity index (χ3n) is 3.83. The molecule has 6 nitrogen and oxygen atoms in total. The van der Waals surface area contributed by atoms with Crippen molar-refractivity contribution in [1.29, 1.82) is 0 Å². The Morgan fingerprint density at radius 2 is 1.89 bits per heavy atom. The fourth-order valence-corrected chi connectivity index (χ4v) is 4.09. The van der Waals surface area contributed by atoms with E-state index >= 15 is 0 Å². The average Bonchev–Trinajstić information content (AvgIpc) is 2.59. The monoisotopic (exact) mass is 414 g/mol. The lowest BCUT2D eigenvalue weighted by Crippen LogP contribution is -2.47. The highest BCUT2D eigenvalue weighted by atomic mass is 35.5. The topological polar surface area (TPSA) is 75.7 Å². The minimum Gasteiger partial charge on any atom is -0.495 e. The minimum absolute atomic E-state index is 0.202. The predicted octanol–water partition coefficient (Wildman–Crippen LogP) is 3.67. The molecule has 0 aliphatic carbocycles. The molecule has 2 aromatic rings. The van der Waals surface area contributed by atoms with Gasteiger partial charge in [0.1, 0.15) is 17.6 Å². The van der Waals surface area contributed by atoms with Gasteiger partial charge in [0.25, 0.3) is 0 Å². The van der Waals surface area contributed by atoms with Crippen LogP contribution in [0, 0.1) is 5.82 Å². The zero-order chi connectivity index (χ0) is 20.2. The van der Waals surface area contributed by atoms with E-state index in [4.69, 9.17) is 16.3 Å². The van der Waals surface area contributed by atoms with Crippen LogP contribution in [0.2, 0.25) is 5.02 Å². The Morgan fingerprint density at radius 3 is 2.37 bits per heavy atom. The summed E-state index contributed by atoms with van der Waals surface area (Å²) in [7, 11) is -2.32. The standard InChI is InChI=1S/C18H20ClFN2O4S/c1-4-16(18(23)21-13-7-10-17(26-2)15(19)11-13)22(27(3,24)25)14-8-5-12(20)6-9-14/h5-11,16H,4H2,1-3H3,(H,21,23). The summed E-state index contributed by atoms with van der Waals surface area (Å²) in [4.78, 5) is 12.8. The molecule has 1 unspecified atom stereocenters. The zero-order valence-corrected chi connectivity index (χ0v) is 16.6. The molecule has 1 amide bonds. The average molecular weight is 415 g/mol. The van der Waals surface area contributed by atoms with Crippen molar-refractivity contribution in [1.82, 2.24) is 0 Å². The Labute approximate surface area is 162 Å². The molecule has 0 aliphatic rings. The molecule has 0 aromatic heterocycles. The second-order valence-corrected chi connectivity index (χ2v) is 8.06. The molecule has 1 N–H and O–H groups in total. The lowest BCUT2D eigenvalue weighted by Gasteiger charge is -2.30. The summed E-state index contributed by atoms with van der Waals surface area (Å²) >= 11 is 6.05. The molecular weight excluding hydrogens is 395 g/mol. The number of ether oxygens (including phenoxy) is 1. The van der Waals surface area contributed by atoms with E-state index in [1.165, 1.54) is 25.3 Å². The highest BCUT2D eigenvalue weighted by Gasteiger charge is 2.31. The number of rotatable bonds is 7. The number of carbonyl (C=O) groups excluding carboxylic acids is 1. The van der Waals surface area contributed by atoms with Crippen molar-refractivity contribution in [2.24, 2.45) is 0 Å². The Hall–Kier alpha value is -2.32. The van der Waals surface area contributed by atoms with E-state index in [1.54, 1.807) is 19.1 Å². The first-order valence-electron chi connectivity index (χ1n) is 8.06. The fraction of sp³-hybridized carbons (Fsp3) is 0.278. The third kappa shape index (κ3) is 5.11. The van der Waals surface area contributed by atoms with Crippen LogP contribution in [-0.4, -0.2) is 33.7 Å². The molecule has 27 heavy (non-hydrogen) atoms. The van der Waals surface area contributed by atoms with E-state index in [-0.39, 0.29) is 12.1 Å². The summed E-state index contributed by atoms with van der Waals surface area (Å²) in [5, 5.41) is 2.97. The van der Waals surface area contributed by atoms with E-state index < -0.39 is 27.8 Å². The SMILES string of the molecule is CCC(C(=O)Nc1ccc(OC)c(Cl)c1)N(c1ccc(F)cc1)S(C)(=O)=O. The quantitative estimate of drug-likeness (QED) is 0.750. The number of anilines is 2. The van der Waals surface area contributed by atoms with E-state index in [1.807, 2.05) is 0 Å². The first-order valence-corrected chi connectivity index (χ1v) is 10.3. The first kappa shape index (κ1) is 21.0. The molecule has 0 saturated heterocycles. The minimum atomic E-state index is -3.79. The van der Waals surface area contributed by atoms with Crippen molar-refractivity contribution in [3.8, 4) is 5.75 Å². The molecular formula is C18H20ClFN2O4S. The number of nitrogens with one attached hydrogen (secondary N) is 1. The van der Waals surface area contributed by atoms with Gasteiger partial charge in [0.15, 0.2) is 0 Å². The second kappa shape index (κ2) is 8.58. The molecule has 9 heteroatoms. The van der Waals surface area contributed by atoms with Crippen LogP contribution in [-0.2, 0) is 14.8 Å². The van der Waals surface area contributed by atoms with Gasteiger partial charge < -0.3 is 10.1 Å². The van der Waals surface area contributed by atoms with Crippen molar-refractivity contribution in [3.63, 3.8) is 0 Å². The number of carbonyl (C=O) groups is 1. The van der Waals surface area contributed by atoms with Gasteiger partial charge >= 0.3 is 0 Å². The highest BCUT2D eigenvalue weighted by molar-refractivity contribution is 7.92. The van der Waals surface area contributed by atoms with Crippen LogP contribution in [0.4, 0.5) is 15.8 Å². The highest BCUT2D eigenvalue weighted by Crippen LogP contribution is 2.28. The van der Waals surface area contributed by atoms with E-state index in [2.05, 4.69) is 5.32 Å². The molecule has 0 heterocycles. The van der Waals surface area contributed by atoms with Crippen molar-refractivity contribution in [2.45, 2.75) is 19.4 Å². The molecule has 0 bridgehead atoms. The number of hydrogen-bond acceptors (Lipinski definition) is 4. The predicted molar refractivity (Wildman–Crippen MR) is 104 cm³/mol. The van der Waals surface area contributed by atoms with Gasteiger partial charge in [-0.2, -0.15) is 0 Å². The number of benzene rings is 2. The van der Waals surface area contributed by atoms with E-state index in [0.717, 1.165) is 22.7 Å². The van der Waals surface area contributed by atoms with Gasteiger partial charge in [-0.1, -0.05) is 18.5 Å². The van der Waals surface area contributed by atoms with E-state index in [9.17, 15) is 17.6 Å². The number of nitrogens with zero attached hydrogens (tertiary/aromatic N) is 1. The fourth-order valence-electron chi connectivity index (χ4n) is 2.62. The normalized spacial score (nSPS) is 12.3. The van der Waals surface area contributed by atoms with Gasteiger partial charge in [0.05, 0.1) is 24.1 Å². The van der Waals surface area contributed by atoms with Crippen LogP contribution in [0.25, 0.3) is 0 Å². The molecule has 1 atom stereocenters. The summed E-state index contributed by atoms with van der Waals surface area (Å²) in [6.07, 6.45) is 1.21. The summed E-state index contributed by atoms with van der Waals surface area (Å²) in [5.74, 6) is -0.586. The van der Waals surface area contributed by atoms with Gasteiger partial charge in [0, 0.05) is 5.69 Å². The van der Waals surface area contributed by atoms with Gasteiger partial charge in [-0.05, 0) is 48.9 Å². The van der Waals surface area contributed by atoms with Crippen LogP contribution in [0.5, 0.6) is 5.75 Å². The van der Waals surface area contributed by atoms with Crippen molar-refractivity contribution >= 4 is 38.9 Å². The summed E-state index contributed by atoms with van der Waals surface area (Å²) in [5.41, 5.74) is 0.602. The Morgan fingerprint density at radius 1 is 1.26 bits per heavy atom. The second-order valence-electron chi connectivity index (χ2n) is 5.80. The molecule has 0 aliphatic heterocycles. The van der Waals surface area contributed by atoms with Crippen molar-refractivity contribution < 1.29 is 22.3 Å². The number of methoxy groups -OCH3 is 1. The number of hydrogen-bond donors (Lipinski definition) is 1. The lowest BCUT2D eigenvalue weighted by molar-refractivity contribution is -0.117. The van der Waals surface area contributed by atoms with Gasteiger partial charge in [0.2, 0.25) is 15.9 Å². The lowest BCUT2D eigenvalue weighted by atomic mass is 10.1. The number of amides is 1. The van der Waals surface area contributed by atoms with E-state index in [0.29, 0.717) is 16.5 Å². The molecule has 0 fully saturated rings. The molecule has 2 aromatic carbocycles. The summed E-state index contributed by atoms with van der Waals surface area (Å²) in [6, 6.07) is 8.58. The molecule has 0 saturated carbocycles. The Kier molecular flexibility index (Phi) is 6.67. The molecule has 146 valence electrons. The number of sulfonamides is 1. The zero-order valence-electron chi connectivity index (χ0n) is 15.1. The maximum absolute atomic E-state index is 13.2. The van der Waals surface area contributed by atoms with Crippen molar-refractivity contribution in [2.75, 3.05) is 23.0 Å². The smallest absolute Gasteiger partial charge is 0.248 e. The van der Waals surface area contributed by atoms with Gasteiger partial charge in [-0.15, -0.1) is 0 Å². The first-order chi connectivity index (χ1) is 12.7. The Bertz CT molecular complexity index is 919. The maximum Gasteiger partial charge on any atom is 0.248 e. The molecule has 0 radical (unpaired) electrons. The van der Waals surface area contributed by atoms with Gasteiger partial charge in [-0.3, -0.25) is 9.10 Å². The third-order valence-corrected chi connectivity index (χ3v) is 5.31. The van der Waals surface area contributed by atoms with Crippen LogP contribution in [0.15, 0.2) is 42.5 Å². The maximum atomic E-state index is 13.2. The Balaban J connectivity index is 2.34. The largest absolute Gasteiger partial charge is 0.495 e. The molecule has 2 rings (SSSR count). The van der Waals surface area contributed by atoms with Crippen molar-refractivity contribution in [3.05, 3.63) is 53.3 Å². The number of halogens is 2. The summed E-state index contributed by atoms with van der Waals surface area (Å²) in [6.45, 7) is 1.69. The molecule has 0 spiro atoms. The van der Waals surface area contributed by atoms with Crippen LogP contribution < -0.4 is 14.4 Å².